The van der Waals surface area contributed by atoms with Crippen molar-refractivity contribution in [2.75, 3.05) is 45.3 Å². The first-order chi connectivity index (χ1) is 14.1. The van der Waals surface area contributed by atoms with Crippen LogP contribution in [-0.2, 0) is 9.53 Å². The normalized spacial score (nSPS) is 14.2. The third kappa shape index (κ3) is 5.74. The Morgan fingerprint density at radius 1 is 1.14 bits per heavy atom. The van der Waals surface area contributed by atoms with Crippen LogP contribution in [0.15, 0.2) is 24.5 Å². The van der Waals surface area contributed by atoms with Crippen LogP contribution in [0.4, 0.5) is 5.69 Å². The van der Waals surface area contributed by atoms with Crippen LogP contribution in [0.1, 0.15) is 30.7 Å². The van der Waals surface area contributed by atoms with Crippen molar-refractivity contribution >= 4 is 11.6 Å². The summed E-state index contributed by atoms with van der Waals surface area (Å²) in [7, 11) is 1.58. The minimum Gasteiger partial charge on any atom is -0.492 e. The van der Waals surface area contributed by atoms with Crippen molar-refractivity contribution in [1.29, 1.82) is 0 Å². The standard InChI is InChI=1S/C22H30N4O3/c1-16-22(17(2)24-15-23-16)19-14-18(25-21(27)8-12-28-3)6-7-20(19)29-13-11-26-9-4-5-10-26/h6-7,14-15H,4-5,8-13H2,1-3H3,(H,25,27). The fourth-order valence-corrected chi connectivity index (χ4v) is 3.62. The number of hydrogen-bond acceptors (Lipinski definition) is 6. The number of hydrogen-bond donors (Lipinski definition) is 1. The molecule has 1 fully saturated rings. The molecule has 1 amide bonds. The Labute approximate surface area is 172 Å². The van der Waals surface area contributed by atoms with Crippen LogP contribution in [0.5, 0.6) is 5.75 Å². The Hall–Kier alpha value is -2.51. The molecule has 0 saturated carbocycles. The van der Waals surface area contributed by atoms with E-state index >= 15 is 0 Å². The second-order valence-corrected chi connectivity index (χ2v) is 7.32. The van der Waals surface area contributed by atoms with E-state index in [1.165, 1.54) is 12.8 Å². The van der Waals surface area contributed by atoms with Crippen molar-refractivity contribution in [2.45, 2.75) is 33.1 Å². The number of ether oxygens (including phenoxy) is 2. The van der Waals surface area contributed by atoms with Gasteiger partial charge >= 0.3 is 0 Å². The first-order valence-corrected chi connectivity index (χ1v) is 10.1. The van der Waals surface area contributed by atoms with E-state index in [0.717, 1.165) is 53.6 Å². The van der Waals surface area contributed by atoms with Crippen molar-refractivity contribution in [3.8, 4) is 16.9 Å². The molecule has 1 aliphatic rings. The van der Waals surface area contributed by atoms with E-state index in [-0.39, 0.29) is 5.91 Å². The lowest BCUT2D eigenvalue weighted by atomic mass is 10.0. The summed E-state index contributed by atoms with van der Waals surface area (Å²) in [6.45, 7) is 8.14. The third-order valence-corrected chi connectivity index (χ3v) is 5.16. The molecule has 1 aromatic carbocycles. The quantitative estimate of drug-likeness (QED) is 0.699. The number of carbonyl (C=O) groups excluding carboxylic acids is 1. The molecule has 0 radical (unpaired) electrons. The van der Waals surface area contributed by atoms with Crippen LogP contribution < -0.4 is 10.1 Å². The number of anilines is 1. The molecule has 156 valence electrons. The molecule has 0 aliphatic carbocycles. The molecule has 0 atom stereocenters. The SMILES string of the molecule is COCCC(=O)Nc1ccc(OCCN2CCCC2)c(-c2c(C)ncnc2C)c1. The van der Waals surface area contributed by atoms with Gasteiger partial charge in [-0.05, 0) is 58.0 Å². The summed E-state index contributed by atoms with van der Waals surface area (Å²) in [6, 6.07) is 5.72. The number of rotatable bonds is 9. The number of carbonyl (C=O) groups is 1. The number of likely N-dealkylation sites (tertiary alicyclic amines) is 1. The van der Waals surface area contributed by atoms with Crippen LogP contribution in [0.2, 0.25) is 0 Å². The van der Waals surface area contributed by atoms with E-state index in [1.807, 2.05) is 32.0 Å². The largest absolute Gasteiger partial charge is 0.492 e. The number of nitrogens with one attached hydrogen (secondary N) is 1. The number of nitrogens with zero attached hydrogens (tertiary/aromatic N) is 3. The topological polar surface area (TPSA) is 76.6 Å². The number of amides is 1. The Balaban J connectivity index is 1.83. The molecule has 0 bridgehead atoms. The van der Waals surface area contributed by atoms with Gasteiger partial charge in [-0.25, -0.2) is 9.97 Å². The summed E-state index contributed by atoms with van der Waals surface area (Å²) in [5.74, 6) is 0.693. The summed E-state index contributed by atoms with van der Waals surface area (Å²) in [5, 5.41) is 2.93. The lowest BCUT2D eigenvalue weighted by molar-refractivity contribution is -0.117. The van der Waals surface area contributed by atoms with Gasteiger partial charge in [0.05, 0.1) is 13.0 Å². The molecule has 1 aliphatic heterocycles. The van der Waals surface area contributed by atoms with Crippen molar-refractivity contribution in [3.05, 3.63) is 35.9 Å². The van der Waals surface area contributed by atoms with Gasteiger partial charge in [0.25, 0.3) is 0 Å². The van der Waals surface area contributed by atoms with E-state index < -0.39 is 0 Å². The molecule has 3 rings (SSSR count). The zero-order valence-corrected chi connectivity index (χ0v) is 17.5. The highest BCUT2D eigenvalue weighted by Gasteiger charge is 2.16. The van der Waals surface area contributed by atoms with Gasteiger partial charge in [0, 0.05) is 41.9 Å². The highest BCUT2D eigenvalue weighted by molar-refractivity contribution is 5.92. The average molecular weight is 399 g/mol. The van der Waals surface area contributed by atoms with Crippen LogP contribution in [0.25, 0.3) is 11.1 Å². The summed E-state index contributed by atoms with van der Waals surface area (Å²) < 4.78 is 11.1. The highest BCUT2D eigenvalue weighted by atomic mass is 16.5. The van der Waals surface area contributed by atoms with Crippen LogP contribution in [0.3, 0.4) is 0 Å². The lowest BCUT2D eigenvalue weighted by Crippen LogP contribution is -2.25. The van der Waals surface area contributed by atoms with E-state index in [9.17, 15) is 4.79 Å². The first-order valence-electron chi connectivity index (χ1n) is 10.1. The van der Waals surface area contributed by atoms with Crippen LogP contribution in [-0.4, -0.2) is 60.7 Å². The van der Waals surface area contributed by atoms with E-state index in [1.54, 1.807) is 13.4 Å². The number of benzene rings is 1. The Bertz CT molecular complexity index is 815. The summed E-state index contributed by atoms with van der Waals surface area (Å²) in [5.41, 5.74) is 4.31. The number of aromatic nitrogens is 2. The monoisotopic (exact) mass is 398 g/mol. The summed E-state index contributed by atoms with van der Waals surface area (Å²) in [6.07, 6.45) is 4.41. The maximum Gasteiger partial charge on any atom is 0.226 e. The van der Waals surface area contributed by atoms with Crippen molar-refractivity contribution in [3.63, 3.8) is 0 Å². The molecule has 1 aromatic heterocycles. The molecule has 2 heterocycles. The Kier molecular flexibility index (Phi) is 7.55. The number of aryl methyl sites for hydroxylation is 2. The minimum absolute atomic E-state index is 0.0849. The molecule has 2 aromatic rings. The zero-order valence-electron chi connectivity index (χ0n) is 17.5. The van der Waals surface area contributed by atoms with Crippen molar-refractivity contribution in [1.82, 2.24) is 14.9 Å². The predicted molar refractivity (Wildman–Crippen MR) is 113 cm³/mol. The van der Waals surface area contributed by atoms with E-state index in [2.05, 4.69) is 20.2 Å². The maximum absolute atomic E-state index is 12.1. The molecule has 7 nitrogen and oxygen atoms in total. The van der Waals surface area contributed by atoms with Gasteiger partial charge in [0.2, 0.25) is 5.91 Å². The van der Waals surface area contributed by atoms with Gasteiger partial charge < -0.3 is 14.8 Å². The van der Waals surface area contributed by atoms with Gasteiger partial charge in [0.1, 0.15) is 18.7 Å². The molecule has 1 N–H and O–H groups in total. The minimum atomic E-state index is -0.0849. The second-order valence-electron chi connectivity index (χ2n) is 7.32. The molecule has 0 unspecified atom stereocenters. The zero-order chi connectivity index (χ0) is 20.6. The Morgan fingerprint density at radius 3 is 2.55 bits per heavy atom. The van der Waals surface area contributed by atoms with E-state index in [4.69, 9.17) is 9.47 Å². The second kappa shape index (κ2) is 10.3. The molecule has 29 heavy (non-hydrogen) atoms. The molecule has 0 spiro atoms. The van der Waals surface area contributed by atoms with Crippen LogP contribution in [0, 0.1) is 13.8 Å². The third-order valence-electron chi connectivity index (χ3n) is 5.16. The smallest absolute Gasteiger partial charge is 0.226 e. The van der Waals surface area contributed by atoms with Crippen LogP contribution >= 0.6 is 0 Å². The highest BCUT2D eigenvalue weighted by Crippen LogP contribution is 2.35. The predicted octanol–water partition coefficient (Wildman–Crippen LogP) is 3.21. The fraction of sp³-hybridized carbons (Fsp3) is 0.500. The molecular formula is C22H30N4O3. The van der Waals surface area contributed by atoms with Gasteiger partial charge in [-0.2, -0.15) is 0 Å². The van der Waals surface area contributed by atoms with E-state index in [0.29, 0.717) is 19.6 Å². The van der Waals surface area contributed by atoms with Gasteiger partial charge in [0.15, 0.2) is 0 Å². The average Bonchev–Trinajstić information content (AvgIpc) is 3.21. The lowest BCUT2D eigenvalue weighted by Gasteiger charge is -2.18. The first kappa shape index (κ1) is 21.2. The van der Waals surface area contributed by atoms with Gasteiger partial charge in [-0.15, -0.1) is 0 Å². The van der Waals surface area contributed by atoms with Crippen molar-refractivity contribution in [2.24, 2.45) is 0 Å². The summed E-state index contributed by atoms with van der Waals surface area (Å²) in [4.78, 5) is 23.2. The fourth-order valence-electron chi connectivity index (χ4n) is 3.62. The Morgan fingerprint density at radius 2 is 1.86 bits per heavy atom. The number of methoxy groups -OCH3 is 1. The molecule has 1 saturated heterocycles. The van der Waals surface area contributed by atoms with Crippen molar-refractivity contribution < 1.29 is 14.3 Å². The maximum atomic E-state index is 12.1. The van der Waals surface area contributed by atoms with Gasteiger partial charge in [-0.3, -0.25) is 9.69 Å². The molecule has 7 heteroatoms. The molecular weight excluding hydrogens is 368 g/mol. The van der Waals surface area contributed by atoms with Gasteiger partial charge in [-0.1, -0.05) is 0 Å². The summed E-state index contributed by atoms with van der Waals surface area (Å²) >= 11 is 0.